The van der Waals surface area contributed by atoms with Gasteiger partial charge in [0.05, 0.1) is 0 Å². The molecule has 2 aliphatic carbocycles. The Bertz CT molecular complexity index is 375. The first-order valence-electron chi connectivity index (χ1n) is 12.0. The molecular weight excluding hydrogens is 430 g/mol. The molecular formula is C26H54FeP2. The van der Waals surface area contributed by atoms with Gasteiger partial charge in [-0.3, -0.25) is 0 Å². The first kappa shape index (κ1) is 30.4. The predicted molar refractivity (Wildman–Crippen MR) is 137 cm³/mol. The van der Waals surface area contributed by atoms with Crippen LogP contribution in [-0.2, 0) is 17.1 Å². The minimum Gasteiger partial charge on any atom is -0.0924 e. The summed E-state index contributed by atoms with van der Waals surface area (Å²) in [6.07, 6.45) is 11.9. The number of hydrogen-bond acceptors (Lipinski definition) is 0. The van der Waals surface area contributed by atoms with Gasteiger partial charge in [-0.05, 0) is 57.6 Å². The molecule has 176 valence electrons. The molecule has 0 spiro atoms. The van der Waals surface area contributed by atoms with Gasteiger partial charge in [0.1, 0.15) is 0 Å². The molecule has 2 aliphatic rings. The minimum absolute atomic E-state index is 0. The summed E-state index contributed by atoms with van der Waals surface area (Å²) in [5.41, 5.74) is 2.09. The van der Waals surface area contributed by atoms with Gasteiger partial charge in [-0.25, -0.2) is 0 Å². The van der Waals surface area contributed by atoms with E-state index in [0.29, 0.717) is 20.6 Å². The molecule has 0 heterocycles. The second-order valence-corrected chi connectivity index (χ2v) is 21.6. The van der Waals surface area contributed by atoms with Crippen LogP contribution in [0.25, 0.3) is 0 Å². The van der Waals surface area contributed by atoms with Crippen LogP contribution in [-0.4, -0.2) is 31.9 Å². The maximum Gasteiger partial charge on any atom is 0 e. The summed E-state index contributed by atoms with van der Waals surface area (Å²) in [6, 6.07) is 0. The molecule has 29 heavy (non-hydrogen) atoms. The van der Waals surface area contributed by atoms with Gasteiger partial charge in [-0.2, -0.15) is 0 Å². The van der Waals surface area contributed by atoms with E-state index in [1.165, 1.54) is 51.4 Å². The summed E-state index contributed by atoms with van der Waals surface area (Å²) in [5.74, 6) is 0. The number of rotatable bonds is 2. The van der Waals surface area contributed by atoms with Crippen LogP contribution < -0.4 is 0 Å². The Hall–Kier alpha value is 1.38. The maximum absolute atomic E-state index is 2.45. The molecule has 2 saturated carbocycles. The molecule has 0 aromatic carbocycles. The topological polar surface area (TPSA) is 0 Å². The van der Waals surface area contributed by atoms with E-state index in [4.69, 9.17) is 0 Å². The molecule has 0 radical (unpaired) electrons. The average molecular weight is 485 g/mol. The van der Waals surface area contributed by atoms with Crippen molar-refractivity contribution in [3.05, 3.63) is 0 Å². The monoisotopic (exact) mass is 484 g/mol. The SMILES string of the molecule is CC(C)(C)P(C1CCCC1)C(C)(C)C.CC(C)(C)P(C1CCCC1)C(C)(C)C.[Fe]. The summed E-state index contributed by atoms with van der Waals surface area (Å²) in [5, 5.41) is 2.12. The second-order valence-electron chi connectivity index (χ2n) is 13.3. The fourth-order valence-electron chi connectivity index (χ4n) is 6.53. The standard InChI is InChI=1S/2C13H27P.Fe/c2*1-12(2,3)14(13(4,5)6)11-9-7-8-10-11;/h2*11H,7-10H2,1-6H3;. The van der Waals surface area contributed by atoms with Crippen LogP contribution in [0.15, 0.2) is 0 Å². The number of hydrogen-bond donors (Lipinski definition) is 0. The van der Waals surface area contributed by atoms with E-state index >= 15 is 0 Å². The van der Waals surface area contributed by atoms with Gasteiger partial charge in [-0.1, -0.05) is 125 Å². The van der Waals surface area contributed by atoms with E-state index in [9.17, 15) is 0 Å². The largest absolute Gasteiger partial charge is 0.0924 e. The normalized spacial score (nSPS) is 20.1. The van der Waals surface area contributed by atoms with E-state index in [0.717, 1.165) is 11.3 Å². The Morgan fingerprint density at radius 1 is 0.414 bits per heavy atom. The van der Waals surface area contributed by atoms with Crippen molar-refractivity contribution in [2.75, 3.05) is 0 Å². The van der Waals surface area contributed by atoms with E-state index in [2.05, 4.69) is 83.1 Å². The van der Waals surface area contributed by atoms with Crippen LogP contribution in [0.2, 0.25) is 0 Å². The third-order valence-corrected chi connectivity index (χ3v) is 14.5. The molecule has 0 amide bonds. The molecule has 2 rings (SSSR count). The Labute approximate surface area is 198 Å². The van der Waals surface area contributed by atoms with E-state index < -0.39 is 0 Å². The summed E-state index contributed by atoms with van der Waals surface area (Å²) in [6.45, 7) is 29.4. The first-order valence-corrected chi connectivity index (χ1v) is 14.9. The van der Waals surface area contributed by atoms with E-state index in [1.807, 2.05) is 0 Å². The van der Waals surface area contributed by atoms with Crippen molar-refractivity contribution in [1.82, 2.24) is 0 Å². The first-order chi connectivity index (χ1) is 12.5. The predicted octanol–water partition coefficient (Wildman–Crippen LogP) is 10.0. The van der Waals surface area contributed by atoms with E-state index in [-0.39, 0.29) is 32.9 Å². The van der Waals surface area contributed by atoms with Crippen molar-refractivity contribution >= 4 is 15.8 Å². The van der Waals surface area contributed by atoms with Crippen molar-refractivity contribution in [2.45, 2.75) is 166 Å². The van der Waals surface area contributed by atoms with Crippen LogP contribution in [0.4, 0.5) is 0 Å². The summed E-state index contributed by atoms with van der Waals surface area (Å²) in [4.78, 5) is 0. The Morgan fingerprint density at radius 3 is 0.724 bits per heavy atom. The zero-order valence-electron chi connectivity index (χ0n) is 22.1. The molecule has 0 nitrogen and oxygen atoms in total. The Morgan fingerprint density at radius 2 is 0.586 bits per heavy atom. The van der Waals surface area contributed by atoms with Gasteiger partial charge in [0.2, 0.25) is 0 Å². The quantitative estimate of drug-likeness (QED) is 0.270. The summed E-state index contributed by atoms with van der Waals surface area (Å²) in [7, 11) is 0.312. The third kappa shape index (κ3) is 9.81. The minimum atomic E-state index is 0. The van der Waals surface area contributed by atoms with Gasteiger partial charge < -0.3 is 0 Å². The fourth-order valence-corrected chi connectivity index (χ4v) is 16.7. The second kappa shape index (κ2) is 11.5. The van der Waals surface area contributed by atoms with Gasteiger partial charge in [0.25, 0.3) is 0 Å². The third-order valence-electron chi connectivity index (χ3n) is 6.27. The van der Waals surface area contributed by atoms with Crippen molar-refractivity contribution in [3.63, 3.8) is 0 Å². The van der Waals surface area contributed by atoms with E-state index in [1.54, 1.807) is 0 Å². The van der Waals surface area contributed by atoms with Crippen LogP contribution in [0, 0.1) is 0 Å². The maximum atomic E-state index is 2.45. The molecule has 2 fully saturated rings. The van der Waals surface area contributed by atoms with Crippen molar-refractivity contribution in [1.29, 1.82) is 0 Å². The molecule has 0 aromatic rings. The van der Waals surface area contributed by atoms with Crippen molar-refractivity contribution in [2.24, 2.45) is 0 Å². The van der Waals surface area contributed by atoms with Gasteiger partial charge >= 0.3 is 0 Å². The van der Waals surface area contributed by atoms with Crippen LogP contribution in [0.5, 0.6) is 0 Å². The van der Waals surface area contributed by atoms with Crippen LogP contribution in [0.1, 0.15) is 134 Å². The molecule has 0 saturated heterocycles. The fraction of sp³-hybridized carbons (Fsp3) is 1.00. The smallest absolute Gasteiger partial charge is 0 e. The summed E-state index contributed by atoms with van der Waals surface area (Å²) >= 11 is 0. The zero-order chi connectivity index (χ0) is 22.0. The van der Waals surface area contributed by atoms with Crippen LogP contribution in [0.3, 0.4) is 0 Å². The van der Waals surface area contributed by atoms with Crippen LogP contribution >= 0.6 is 15.8 Å². The average Bonchev–Trinajstić information content (AvgIpc) is 3.06. The zero-order valence-corrected chi connectivity index (χ0v) is 25.0. The summed E-state index contributed by atoms with van der Waals surface area (Å²) < 4.78 is 0. The van der Waals surface area contributed by atoms with Crippen molar-refractivity contribution in [3.8, 4) is 0 Å². The molecule has 0 atom stereocenters. The Kier molecular flexibility index (Phi) is 12.0. The molecule has 3 heteroatoms. The van der Waals surface area contributed by atoms with Gasteiger partial charge in [0, 0.05) is 17.1 Å². The molecule has 0 unspecified atom stereocenters. The molecule has 0 aromatic heterocycles. The molecule has 0 N–H and O–H groups in total. The Balaban J connectivity index is 0.000000523. The molecule has 0 bridgehead atoms. The molecule has 0 aliphatic heterocycles. The van der Waals surface area contributed by atoms with Gasteiger partial charge in [-0.15, -0.1) is 0 Å². The van der Waals surface area contributed by atoms with Gasteiger partial charge in [0.15, 0.2) is 0 Å². The van der Waals surface area contributed by atoms with Crippen molar-refractivity contribution < 1.29 is 17.1 Å².